The van der Waals surface area contributed by atoms with Gasteiger partial charge in [-0.15, -0.1) is 11.3 Å². The van der Waals surface area contributed by atoms with Crippen molar-refractivity contribution in [3.8, 4) is 0 Å². The van der Waals surface area contributed by atoms with E-state index in [0.29, 0.717) is 22.6 Å². The van der Waals surface area contributed by atoms with Crippen LogP contribution in [0.1, 0.15) is 24.6 Å². The normalized spacial score (nSPS) is 12.2. The van der Waals surface area contributed by atoms with Crippen molar-refractivity contribution < 1.29 is 8.42 Å². The molecule has 0 atom stereocenters. The Hall–Kier alpha value is 0.0900. The maximum Gasteiger partial charge on any atom is 0.252 e. The summed E-state index contributed by atoms with van der Waals surface area (Å²) in [5.74, 6) is 0. The standard InChI is InChI=1S/C11H18BrNO2S2/c1-3-4-8-13(9-7-12)17(14,15)11-6-5-10(2)16-11/h5-6H,3-4,7-9H2,1-2H3. The number of aryl methyl sites for hydroxylation is 1. The summed E-state index contributed by atoms with van der Waals surface area (Å²) in [4.78, 5) is 1.03. The Morgan fingerprint density at radius 3 is 2.53 bits per heavy atom. The van der Waals surface area contributed by atoms with Crippen molar-refractivity contribution in [1.82, 2.24) is 4.31 Å². The van der Waals surface area contributed by atoms with Crippen LogP contribution in [-0.4, -0.2) is 31.1 Å². The lowest BCUT2D eigenvalue weighted by atomic mass is 10.3. The summed E-state index contributed by atoms with van der Waals surface area (Å²) >= 11 is 4.65. The van der Waals surface area contributed by atoms with E-state index in [9.17, 15) is 8.42 Å². The molecule has 0 aromatic carbocycles. The molecule has 0 amide bonds. The van der Waals surface area contributed by atoms with E-state index in [1.54, 1.807) is 10.4 Å². The lowest BCUT2D eigenvalue weighted by molar-refractivity contribution is 0.423. The molecule has 0 bridgehead atoms. The molecular formula is C11H18BrNO2S2. The number of thiophene rings is 1. The highest BCUT2D eigenvalue weighted by atomic mass is 79.9. The predicted molar refractivity (Wildman–Crippen MR) is 76.5 cm³/mol. The largest absolute Gasteiger partial charge is 0.252 e. The lowest BCUT2D eigenvalue weighted by Gasteiger charge is -2.19. The predicted octanol–water partition coefficient (Wildman–Crippen LogP) is 3.24. The number of sulfonamides is 1. The number of hydrogen-bond donors (Lipinski definition) is 0. The van der Waals surface area contributed by atoms with Gasteiger partial charge in [0.05, 0.1) is 0 Å². The number of alkyl halides is 1. The van der Waals surface area contributed by atoms with E-state index < -0.39 is 10.0 Å². The third-order valence-electron chi connectivity index (χ3n) is 2.40. The minimum atomic E-state index is -3.29. The molecule has 0 spiro atoms. The summed E-state index contributed by atoms with van der Waals surface area (Å²) in [5.41, 5.74) is 0. The van der Waals surface area contributed by atoms with E-state index in [4.69, 9.17) is 0 Å². The van der Waals surface area contributed by atoms with Crippen molar-refractivity contribution in [3.63, 3.8) is 0 Å². The first-order valence-electron chi connectivity index (χ1n) is 5.65. The molecule has 1 heterocycles. The summed E-state index contributed by atoms with van der Waals surface area (Å²) in [6.07, 6.45) is 1.90. The fraction of sp³-hybridized carbons (Fsp3) is 0.636. The first kappa shape index (κ1) is 15.1. The number of halogens is 1. The number of rotatable bonds is 7. The van der Waals surface area contributed by atoms with Gasteiger partial charge in [-0.05, 0) is 25.5 Å². The Bertz CT molecular complexity index is 442. The van der Waals surface area contributed by atoms with Gasteiger partial charge in [0, 0.05) is 23.3 Å². The molecule has 98 valence electrons. The molecule has 0 fully saturated rings. The van der Waals surface area contributed by atoms with Crippen LogP contribution in [0, 0.1) is 6.92 Å². The second-order valence-electron chi connectivity index (χ2n) is 3.81. The molecule has 6 heteroatoms. The summed E-state index contributed by atoms with van der Waals surface area (Å²) in [5, 5.41) is 0.667. The van der Waals surface area contributed by atoms with Crippen molar-refractivity contribution in [2.75, 3.05) is 18.4 Å². The van der Waals surface area contributed by atoms with Gasteiger partial charge in [0.25, 0.3) is 10.0 Å². The highest BCUT2D eigenvalue weighted by Crippen LogP contribution is 2.24. The Morgan fingerprint density at radius 2 is 2.06 bits per heavy atom. The summed E-state index contributed by atoms with van der Waals surface area (Å²) in [6.45, 7) is 5.11. The summed E-state index contributed by atoms with van der Waals surface area (Å²) in [7, 11) is -3.29. The average molecular weight is 340 g/mol. The number of hydrogen-bond acceptors (Lipinski definition) is 3. The quantitative estimate of drug-likeness (QED) is 0.715. The number of unbranched alkanes of at least 4 members (excludes halogenated alkanes) is 1. The molecule has 0 aliphatic carbocycles. The molecular weight excluding hydrogens is 322 g/mol. The molecule has 0 aliphatic heterocycles. The highest BCUT2D eigenvalue weighted by Gasteiger charge is 2.24. The van der Waals surface area contributed by atoms with Crippen molar-refractivity contribution in [1.29, 1.82) is 0 Å². The molecule has 0 radical (unpaired) electrons. The van der Waals surface area contributed by atoms with Crippen molar-refractivity contribution in [2.45, 2.75) is 30.9 Å². The van der Waals surface area contributed by atoms with Gasteiger partial charge in [0.15, 0.2) is 0 Å². The Labute approximate surface area is 116 Å². The molecule has 1 rings (SSSR count). The van der Waals surface area contributed by atoms with Crippen LogP contribution in [0.5, 0.6) is 0 Å². The molecule has 0 unspecified atom stereocenters. The molecule has 1 aromatic rings. The van der Waals surface area contributed by atoms with Gasteiger partial charge in [-0.25, -0.2) is 8.42 Å². The van der Waals surface area contributed by atoms with Gasteiger partial charge in [-0.2, -0.15) is 4.31 Å². The average Bonchev–Trinajstić information content (AvgIpc) is 2.71. The molecule has 0 aliphatic rings. The third kappa shape index (κ3) is 4.05. The first-order chi connectivity index (χ1) is 8.02. The fourth-order valence-electron chi connectivity index (χ4n) is 1.46. The molecule has 3 nitrogen and oxygen atoms in total. The second-order valence-corrected chi connectivity index (χ2v) is 8.06. The monoisotopic (exact) mass is 339 g/mol. The van der Waals surface area contributed by atoms with Crippen LogP contribution < -0.4 is 0 Å². The van der Waals surface area contributed by atoms with Crippen molar-refractivity contribution >= 4 is 37.3 Å². The molecule has 17 heavy (non-hydrogen) atoms. The van der Waals surface area contributed by atoms with Crippen molar-refractivity contribution in [2.24, 2.45) is 0 Å². The molecule has 0 saturated heterocycles. The van der Waals surface area contributed by atoms with Crippen LogP contribution in [0.4, 0.5) is 0 Å². The van der Waals surface area contributed by atoms with Gasteiger partial charge in [0.2, 0.25) is 0 Å². The van der Waals surface area contributed by atoms with E-state index in [0.717, 1.165) is 17.7 Å². The van der Waals surface area contributed by atoms with Crippen LogP contribution in [0.3, 0.4) is 0 Å². The van der Waals surface area contributed by atoms with Gasteiger partial charge >= 0.3 is 0 Å². The smallest absolute Gasteiger partial charge is 0.206 e. The van der Waals surface area contributed by atoms with Crippen LogP contribution in [0.15, 0.2) is 16.3 Å². The van der Waals surface area contributed by atoms with Crippen molar-refractivity contribution in [3.05, 3.63) is 17.0 Å². The van der Waals surface area contributed by atoms with E-state index in [1.165, 1.54) is 11.3 Å². The van der Waals surface area contributed by atoms with Crippen LogP contribution >= 0.6 is 27.3 Å². The van der Waals surface area contributed by atoms with E-state index in [2.05, 4.69) is 22.9 Å². The number of nitrogens with zero attached hydrogens (tertiary/aromatic N) is 1. The summed E-state index contributed by atoms with van der Waals surface area (Å²) < 4.78 is 26.7. The lowest BCUT2D eigenvalue weighted by Crippen LogP contribution is -2.33. The van der Waals surface area contributed by atoms with Crippen LogP contribution in [0.25, 0.3) is 0 Å². The maximum atomic E-state index is 12.4. The zero-order valence-electron chi connectivity index (χ0n) is 10.1. The molecule has 0 saturated carbocycles. The zero-order valence-corrected chi connectivity index (χ0v) is 13.4. The van der Waals surface area contributed by atoms with Gasteiger partial charge in [-0.3, -0.25) is 0 Å². The minimum Gasteiger partial charge on any atom is -0.206 e. The van der Waals surface area contributed by atoms with Gasteiger partial charge in [-0.1, -0.05) is 29.3 Å². The summed E-state index contributed by atoms with van der Waals surface area (Å²) in [6, 6.07) is 3.55. The highest BCUT2D eigenvalue weighted by molar-refractivity contribution is 9.09. The molecule has 1 aromatic heterocycles. The van der Waals surface area contributed by atoms with Gasteiger partial charge < -0.3 is 0 Å². The Kier molecular flexibility index (Phi) is 6.12. The van der Waals surface area contributed by atoms with E-state index in [1.807, 2.05) is 13.0 Å². The zero-order chi connectivity index (χ0) is 12.9. The minimum absolute atomic E-state index is 0.451. The van der Waals surface area contributed by atoms with E-state index >= 15 is 0 Å². The maximum absolute atomic E-state index is 12.4. The first-order valence-corrected chi connectivity index (χ1v) is 9.02. The SMILES string of the molecule is CCCCN(CCBr)S(=O)(=O)c1ccc(C)s1. The topological polar surface area (TPSA) is 37.4 Å². The van der Waals surface area contributed by atoms with Crippen LogP contribution in [0.2, 0.25) is 0 Å². The second kappa shape index (κ2) is 6.87. The van der Waals surface area contributed by atoms with E-state index in [-0.39, 0.29) is 0 Å². The Morgan fingerprint density at radius 1 is 1.35 bits per heavy atom. The molecule has 0 N–H and O–H groups in total. The van der Waals surface area contributed by atoms with Gasteiger partial charge in [0.1, 0.15) is 4.21 Å². The Balaban J connectivity index is 2.91. The fourth-order valence-corrected chi connectivity index (χ4v) is 5.04. The van der Waals surface area contributed by atoms with Crippen LogP contribution in [-0.2, 0) is 10.0 Å². The third-order valence-corrected chi connectivity index (χ3v) is 6.13.